The van der Waals surface area contributed by atoms with Gasteiger partial charge in [-0.15, -0.1) is 0 Å². The Hall–Kier alpha value is -4.33. The number of nitrogens with one attached hydrogen (secondary N) is 2. The number of rotatable bonds is 9. The van der Waals surface area contributed by atoms with E-state index in [1.54, 1.807) is 24.3 Å². The Labute approximate surface area is 202 Å². The van der Waals surface area contributed by atoms with Gasteiger partial charge in [-0.2, -0.15) is 4.98 Å². The zero-order chi connectivity index (χ0) is 24.6. The smallest absolute Gasteiger partial charge is 0.255 e. The van der Waals surface area contributed by atoms with Crippen LogP contribution in [-0.4, -0.2) is 22.0 Å². The van der Waals surface area contributed by atoms with Gasteiger partial charge < -0.3 is 15.2 Å². The van der Waals surface area contributed by atoms with E-state index in [4.69, 9.17) is 4.52 Å². The van der Waals surface area contributed by atoms with Gasteiger partial charge in [-0.1, -0.05) is 35.5 Å². The molecule has 0 fully saturated rings. The van der Waals surface area contributed by atoms with E-state index in [-0.39, 0.29) is 23.7 Å². The van der Waals surface area contributed by atoms with E-state index in [1.165, 1.54) is 12.1 Å². The predicted molar refractivity (Wildman–Crippen MR) is 130 cm³/mol. The number of carbonyl (C=O) groups is 2. The third kappa shape index (κ3) is 6.60. The molecule has 0 spiro atoms. The highest BCUT2D eigenvalue weighted by atomic mass is 19.1. The number of hydrogen-bond donors (Lipinski definition) is 2. The van der Waals surface area contributed by atoms with Crippen molar-refractivity contribution in [3.63, 3.8) is 0 Å². The summed E-state index contributed by atoms with van der Waals surface area (Å²) >= 11 is 0. The normalized spacial score (nSPS) is 11.6. The van der Waals surface area contributed by atoms with Crippen molar-refractivity contribution in [2.45, 2.75) is 32.2 Å². The van der Waals surface area contributed by atoms with Crippen molar-refractivity contribution in [2.24, 2.45) is 0 Å². The largest absolute Gasteiger partial charge is 0.350 e. The van der Waals surface area contributed by atoms with Crippen LogP contribution in [0.2, 0.25) is 0 Å². The molecule has 4 aromatic rings. The van der Waals surface area contributed by atoms with E-state index < -0.39 is 0 Å². The van der Waals surface area contributed by atoms with Crippen LogP contribution in [0, 0.1) is 5.82 Å². The molecule has 0 aliphatic rings. The summed E-state index contributed by atoms with van der Waals surface area (Å²) < 4.78 is 18.3. The fourth-order valence-electron chi connectivity index (χ4n) is 3.55. The highest BCUT2D eigenvalue weighted by Gasteiger charge is 2.13. The van der Waals surface area contributed by atoms with Gasteiger partial charge >= 0.3 is 0 Å². The molecule has 3 aromatic carbocycles. The minimum atomic E-state index is -0.332. The van der Waals surface area contributed by atoms with Crippen LogP contribution in [0.15, 0.2) is 83.4 Å². The summed E-state index contributed by atoms with van der Waals surface area (Å²) in [7, 11) is 0. The zero-order valence-electron chi connectivity index (χ0n) is 19.2. The van der Waals surface area contributed by atoms with Crippen molar-refractivity contribution in [3.8, 4) is 11.4 Å². The van der Waals surface area contributed by atoms with Crippen LogP contribution in [0.25, 0.3) is 11.4 Å². The molecule has 0 saturated carbocycles. The molecule has 178 valence electrons. The van der Waals surface area contributed by atoms with Crippen LogP contribution in [0.3, 0.4) is 0 Å². The number of anilines is 1. The van der Waals surface area contributed by atoms with E-state index in [1.807, 2.05) is 49.4 Å². The fraction of sp³-hybridized carbons (Fsp3) is 0.185. The first kappa shape index (κ1) is 23.8. The molecular weight excluding hydrogens is 447 g/mol. The lowest BCUT2D eigenvalue weighted by molar-refractivity contribution is -0.121. The zero-order valence-corrected chi connectivity index (χ0v) is 19.2. The van der Waals surface area contributed by atoms with Gasteiger partial charge in [-0.25, -0.2) is 4.39 Å². The average molecular weight is 473 g/mol. The van der Waals surface area contributed by atoms with E-state index in [9.17, 15) is 14.0 Å². The lowest BCUT2D eigenvalue weighted by atomic mass is 10.1. The second kappa shape index (κ2) is 11.2. The monoisotopic (exact) mass is 472 g/mol. The van der Waals surface area contributed by atoms with Gasteiger partial charge in [0.25, 0.3) is 5.91 Å². The molecule has 0 saturated heterocycles. The third-order valence-electron chi connectivity index (χ3n) is 5.42. The van der Waals surface area contributed by atoms with Crippen LogP contribution in [0.4, 0.5) is 10.1 Å². The molecule has 1 atom stereocenters. The first-order chi connectivity index (χ1) is 17.0. The summed E-state index contributed by atoms with van der Waals surface area (Å²) in [4.78, 5) is 29.1. The van der Waals surface area contributed by atoms with Gasteiger partial charge in [0.15, 0.2) is 0 Å². The van der Waals surface area contributed by atoms with E-state index in [0.29, 0.717) is 47.8 Å². The minimum Gasteiger partial charge on any atom is -0.350 e. The number of aromatic nitrogens is 2. The van der Waals surface area contributed by atoms with Gasteiger partial charge in [0, 0.05) is 29.7 Å². The molecule has 2 amide bonds. The van der Waals surface area contributed by atoms with Crippen LogP contribution in [0.5, 0.6) is 0 Å². The maximum absolute atomic E-state index is 13.1. The molecule has 8 heteroatoms. The van der Waals surface area contributed by atoms with E-state index in [0.717, 1.165) is 5.56 Å². The highest BCUT2D eigenvalue weighted by Crippen LogP contribution is 2.19. The van der Waals surface area contributed by atoms with E-state index >= 15 is 0 Å². The first-order valence-electron chi connectivity index (χ1n) is 11.3. The molecule has 0 aliphatic heterocycles. The number of amides is 2. The maximum atomic E-state index is 13.1. The van der Waals surface area contributed by atoms with Crippen molar-refractivity contribution in [2.75, 3.05) is 5.32 Å². The lowest BCUT2D eigenvalue weighted by Crippen LogP contribution is -2.26. The summed E-state index contributed by atoms with van der Waals surface area (Å²) in [6.07, 6.45) is 1.29. The molecule has 0 bridgehead atoms. The van der Waals surface area contributed by atoms with Gasteiger partial charge in [0.1, 0.15) is 5.82 Å². The average Bonchev–Trinajstić information content (AvgIpc) is 3.34. The van der Waals surface area contributed by atoms with Crippen molar-refractivity contribution in [1.29, 1.82) is 0 Å². The SMILES string of the molecule is CC(NC(=O)CCCc1nc(-c2ccc(F)cc2)no1)c1cccc(NC(=O)c2ccccc2)c1. The standard InChI is InChI=1S/C27H25FN4O3/c1-18(21-9-5-10-23(17-21)30-27(34)20-7-3-2-4-8-20)29-24(33)11-6-12-25-31-26(32-35-25)19-13-15-22(28)16-14-19/h2-5,7-10,13-18H,6,11-12H2,1H3,(H,29,33)(H,30,34). The van der Waals surface area contributed by atoms with Gasteiger partial charge in [0.05, 0.1) is 6.04 Å². The summed E-state index contributed by atoms with van der Waals surface area (Å²) in [5.41, 5.74) is 2.77. The number of aryl methyl sites for hydroxylation is 1. The number of halogens is 1. The molecule has 0 aliphatic carbocycles. The number of nitrogens with zero attached hydrogens (tertiary/aromatic N) is 2. The van der Waals surface area contributed by atoms with Crippen molar-refractivity contribution >= 4 is 17.5 Å². The molecule has 1 unspecified atom stereocenters. The molecule has 35 heavy (non-hydrogen) atoms. The van der Waals surface area contributed by atoms with Gasteiger partial charge in [0.2, 0.25) is 17.6 Å². The van der Waals surface area contributed by atoms with Gasteiger partial charge in [-0.05, 0) is 67.4 Å². The van der Waals surface area contributed by atoms with Crippen molar-refractivity contribution in [1.82, 2.24) is 15.5 Å². The van der Waals surface area contributed by atoms with Crippen LogP contribution in [-0.2, 0) is 11.2 Å². The van der Waals surface area contributed by atoms with Gasteiger partial charge in [-0.3, -0.25) is 9.59 Å². The predicted octanol–water partition coefficient (Wildman–Crippen LogP) is 5.33. The Morgan fingerprint density at radius 2 is 1.77 bits per heavy atom. The summed E-state index contributed by atoms with van der Waals surface area (Å²) in [5, 5.41) is 9.77. The lowest BCUT2D eigenvalue weighted by Gasteiger charge is -2.15. The molecular formula is C27H25FN4O3. The number of benzene rings is 3. The fourth-order valence-corrected chi connectivity index (χ4v) is 3.55. The Balaban J connectivity index is 1.25. The molecule has 4 rings (SSSR count). The molecule has 2 N–H and O–H groups in total. The minimum absolute atomic E-state index is 0.102. The highest BCUT2D eigenvalue weighted by molar-refractivity contribution is 6.04. The number of hydrogen-bond acceptors (Lipinski definition) is 5. The Kier molecular flexibility index (Phi) is 7.62. The first-order valence-corrected chi connectivity index (χ1v) is 11.3. The second-order valence-electron chi connectivity index (χ2n) is 8.11. The van der Waals surface area contributed by atoms with Crippen LogP contribution in [0.1, 0.15) is 47.6 Å². The third-order valence-corrected chi connectivity index (χ3v) is 5.42. The van der Waals surface area contributed by atoms with Crippen LogP contribution < -0.4 is 10.6 Å². The van der Waals surface area contributed by atoms with E-state index in [2.05, 4.69) is 20.8 Å². The Bertz CT molecular complexity index is 1290. The molecule has 1 heterocycles. The topological polar surface area (TPSA) is 97.1 Å². The quantitative estimate of drug-likeness (QED) is 0.343. The van der Waals surface area contributed by atoms with Crippen molar-refractivity contribution in [3.05, 3.63) is 102 Å². The van der Waals surface area contributed by atoms with Crippen molar-refractivity contribution < 1.29 is 18.5 Å². The number of carbonyl (C=O) groups excluding carboxylic acids is 2. The Morgan fingerprint density at radius 3 is 2.54 bits per heavy atom. The summed E-state index contributed by atoms with van der Waals surface area (Å²) in [6, 6.07) is 22.0. The van der Waals surface area contributed by atoms with Crippen LogP contribution >= 0.6 is 0 Å². The summed E-state index contributed by atoms with van der Waals surface area (Å²) in [5.74, 6) is 0.184. The molecule has 7 nitrogen and oxygen atoms in total. The second-order valence-corrected chi connectivity index (χ2v) is 8.11. The molecule has 1 aromatic heterocycles. The Morgan fingerprint density at radius 1 is 1.00 bits per heavy atom. The maximum Gasteiger partial charge on any atom is 0.255 e. The summed E-state index contributed by atoms with van der Waals surface area (Å²) in [6.45, 7) is 1.89. The molecule has 0 radical (unpaired) electrons.